The summed E-state index contributed by atoms with van der Waals surface area (Å²) < 4.78 is 16.3. The molecular formula is C29H52Cl2N4O6. The van der Waals surface area contributed by atoms with Crippen molar-refractivity contribution in [1.29, 1.82) is 0 Å². The third-order valence-electron chi connectivity index (χ3n) is 7.50. The molecular weight excluding hydrogens is 571 g/mol. The van der Waals surface area contributed by atoms with Crippen LogP contribution in [0.2, 0.25) is 0 Å². The highest BCUT2D eigenvalue weighted by Gasteiger charge is 2.36. The topological polar surface area (TPSA) is 135 Å². The number of nitrogens with one attached hydrogen (secondary N) is 2. The summed E-state index contributed by atoms with van der Waals surface area (Å²) in [5.41, 5.74) is 6.14. The van der Waals surface area contributed by atoms with Gasteiger partial charge in [0, 0.05) is 45.9 Å². The van der Waals surface area contributed by atoms with E-state index in [0.29, 0.717) is 63.8 Å². The average molecular weight is 624 g/mol. The molecule has 0 aromatic heterocycles. The average Bonchev–Trinajstić information content (AvgIpc) is 2.93. The molecule has 0 bridgehead atoms. The first-order valence-corrected chi connectivity index (χ1v) is 14.1. The number of hydrogen-bond acceptors (Lipinski definition) is 8. The van der Waals surface area contributed by atoms with E-state index in [4.69, 9.17) is 19.9 Å². The van der Waals surface area contributed by atoms with E-state index in [9.17, 15) is 14.7 Å². The lowest BCUT2D eigenvalue weighted by atomic mass is 9.87. The fourth-order valence-electron chi connectivity index (χ4n) is 4.56. The number of rotatable bonds is 17. The maximum absolute atomic E-state index is 13.0. The number of nitrogens with two attached hydrogens (primary N) is 1. The molecule has 0 spiro atoms. The molecule has 12 heteroatoms. The normalized spacial score (nSPS) is 16.1. The van der Waals surface area contributed by atoms with Gasteiger partial charge in [0.25, 0.3) is 5.91 Å². The van der Waals surface area contributed by atoms with Gasteiger partial charge in [-0.1, -0.05) is 26.0 Å². The van der Waals surface area contributed by atoms with E-state index in [0.717, 1.165) is 12.8 Å². The number of carbonyl (C=O) groups excluding carboxylic acids is 2. The predicted octanol–water partition coefficient (Wildman–Crippen LogP) is 2.64. The summed E-state index contributed by atoms with van der Waals surface area (Å²) in [6.07, 6.45) is 1.32. The first kappa shape index (κ1) is 39.3. The van der Waals surface area contributed by atoms with E-state index in [1.54, 1.807) is 19.2 Å². The number of benzene rings is 1. The molecule has 238 valence electrons. The summed E-state index contributed by atoms with van der Waals surface area (Å²) in [7, 11) is 1.67. The number of morpholine rings is 1. The largest absolute Gasteiger partial charge is 0.493 e. The molecule has 1 fully saturated rings. The molecule has 2 rings (SSSR count). The van der Waals surface area contributed by atoms with Crippen molar-refractivity contribution in [2.24, 2.45) is 17.6 Å². The number of hydrogen-bond donors (Lipinski definition) is 4. The molecule has 0 saturated carbocycles. The van der Waals surface area contributed by atoms with Gasteiger partial charge in [-0.15, -0.1) is 24.8 Å². The maximum atomic E-state index is 13.0. The molecule has 1 heterocycles. The van der Waals surface area contributed by atoms with Crippen LogP contribution in [0.15, 0.2) is 24.3 Å². The van der Waals surface area contributed by atoms with Gasteiger partial charge in [-0.25, -0.2) is 0 Å². The molecule has 3 unspecified atom stereocenters. The Morgan fingerprint density at radius 3 is 2.34 bits per heavy atom. The minimum atomic E-state index is -0.904. The number of halogens is 2. The van der Waals surface area contributed by atoms with E-state index in [1.165, 1.54) is 0 Å². The van der Waals surface area contributed by atoms with Gasteiger partial charge in [0.05, 0.1) is 37.0 Å². The lowest BCUT2D eigenvalue weighted by Crippen LogP contribution is -2.59. The molecule has 1 aromatic rings. The van der Waals surface area contributed by atoms with Crippen molar-refractivity contribution in [2.75, 3.05) is 59.7 Å². The Morgan fingerprint density at radius 1 is 1.07 bits per heavy atom. The van der Waals surface area contributed by atoms with Crippen LogP contribution in [0.3, 0.4) is 0 Å². The fraction of sp³-hybridized carbons (Fsp3) is 0.724. The molecule has 1 aliphatic rings. The summed E-state index contributed by atoms with van der Waals surface area (Å²) in [5.74, 6) is 0.464. The maximum Gasteiger partial charge on any atom is 0.255 e. The van der Waals surface area contributed by atoms with Gasteiger partial charge >= 0.3 is 0 Å². The zero-order chi connectivity index (χ0) is 28.8. The van der Waals surface area contributed by atoms with Gasteiger partial charge in [-0.2, -0.15) is 0 Å². The molecule has 1 aromatic carbocycles. The van der Waals surface area contributed by atoms with Crippen LogP contribution in [0.5, 0.6) is 5.75 Å². The SMILES string of the molecule is COCCCCOc1ccccc1C(=O)NCC(CC(N)C(O)CNC(=O)C(C)(C)N1CCOCC1)C(C)C.Cl.Cl. The summed E-state index contributed by atoms with van der Waals surface area (Å²) >= 11 is 0. The second kappa shape index (κ2) is 20.3. The van der Waals surface area contributed by atoms with Crippen molar-refractivity contribution >= 4 is 36.6 Å². The molecule has 5 N–H and O–H groups in total. The second-order valence-electron chi connectivity index (χ2n) is 11.1. The fourth-order valence-corrected chi connectivity index (χ4v) is 4.56. The standard InChI is InChI=1S/C29H50N4O6.2ClH/c1-21(2)22(19-31-27(35)23-10-6-7-11-26(23)39-15-9-8-14-37-5)18-24(30)25(34)20-32-28(36)29(3,4)33-12-16-38-17-13-33;;/h6-7,10-11,21-22,24-25,34H,8-9,12-20,30H2,1-5H3,(H,31,35)(H,32,36);2*1H. The Hall–Kier alpha value is -1.66. The van der Waals surface area contributed by atoms with Crippen molar-refractivity contribution < 1.29 is 28.9 Å². The van der Waals surface area contributed by atoms with Crippen molar-refractivity contribution in [2.45, 2.75) is 64.6 Å². The van der Waals surface area contributed by atoms with Crippen LogP contribution in [0, 0.1) is 11.8 Å². The third-order valence-corrected chi connectivity index (χ3v) is 7.50. The molecule has 0 aliphatic carbocycles. The minimum Gasteiger partial charge on any atom is -0.493 e. The number of aliphatic hydroxyl groups is 1. The van der Waals surface area contributed by atoms with Gasteiger partial charge in [-0.3, -0.25) is 14.5 Å². The summed E-state index contributed by atoms with van der Waals surface area (Å²) in [4.78, 5) is 27.9. The van der Waals surface area contributed by atoms with Crippen LogP contribution >= 0.6 is 24.8 Å². The first-order valence-electron chi connectivity index (χ1n) is 14.1. The zero-order valence-electron chi connectivity index (χ0n) is 25.2. The van der Waals surface area contributed by atoms with Crippen LogP contribution in [-0.2, 0) is 14.3 Å². The van der Waals surface area contributed by atoms with Gasteiger partial charge in [0.15, 0.2) is 0 Å². The van der Waals surface area contributed by atoms with Crippen molar-refractivity contribution in [3.05, 3.63) is 29.8 Å². The Morgan fingerprint density at radius 2 is 1.71 bits per heavy atom. The monoisotopic (exact) mass is 622 g/mol. The molecule has 0 radical (unpaired) electrons. The molecule has 3 atom stereocenters. The summed E-state index contributed by atoms with van der Waals surface area (Å²) in [5, 5.41) is 16.6. The molecule has 2 amide bonds. The van der Waals surface area contributed by atoms with E-state index in [1.807, 2.05) is 26.0 Å². The number of amides is 2. The van der Waals surface area contributed by atoms with Crippen molar-refractivity contribution in [1.82, 2.24) is 15.5 Å². The second-order valence-corrected chi connectivity index (χ2v) is 11.1. The number of para-hydroxylation sites is 1. The molecule has 1 saturated heterocycles. The van der Waals surface area contributed by atoms with E-state index in [-0.39, 0.29) is 55.0 Å². The van der Waals surface area contributed by atoms with Gasteiger partial charge in [0.2, 0.25) is 5.91 Å². The van der Waals surface area contributed by atoms with E-state index >= 15 is 0 Å². The van der Waals surface area contributed by atoms with Crippen LogP contribution in [0.1, 0.15) is 57.3 Å². The predicted molar refractivity (Wildman–Crippen MR) is 166 cm³/mol. The van der Waals surface area contributed by atoms with Crippen LogP contribution < -0.4 is 21.1 Å². The summed E-state index contributed by atoms with van der Waals surface area (Å²) in [6, 6.07) is 6.66. The van der Waals surface area contributed by atoms with Crippen LogP contribution in [-0.4, -0.2) is 99.2 Å². The molecule has 41 heavy (non-hydrogen) atoms. The van der Waals surface area contributed by atoms with E-state index in [2.05, 4.69) is 29.4 Å². The van der Waals surface area contributed by atoms with Gasteiger partial charge in [-0.05, 0) is 57.1 Å². The minimum absolute atomic E-state index is 0. The van der Waals surface area contributed by atoms with Crippen molar-refractivity contribution in [3.8, 4) is 5.75 Å². The smallest absolute Gasteiger partial charge is 0.255 e. The number of methoxy groups -OCH3 is 1. The zero-order valence-corrected chi connectivity index (χ0v) is 26.9. The van der Waals surface area contributed by atoms with Crippen molar-refractivity contribution in [3.63, 3.8) is 0 Å². The molecule has 10 nitrogen and oxygen atoms in total. The van der Waals surface area contributed by atoms with Gasteiger partial charge < -0.3 is 35.7 Å². The number of carbonyl (C=O) groups is 2. The van der Waals surface area contributed by atoms with Gasteiger partial charge in [0.1, 0.15) is 5.75 Å². The highest BCUT2D eigenvalue weighted by molar-refractivity contribution is 5.96. The lowest BCUT2D eigenvalue weighted by molar-refractivity contribution is -0.135. The number of aliphatic hydroxyl groups excluding tert-OH is 1. The number of nitrogens with zero attached hydrogens (tertiary/aromatic N) is 1. The molecule has 1 aliphatic heterocycles. The summed E-state index contributed by atoms with van der Waals surface area (Å²) in [6.45, 7) is 12.1. The highest BCUT2D eigenvalue weighted by atomic mass is 35.5. The number of unbranched alkanes of at least 4 members (excludes halogenated alkanes) is 1. The Bertz CT molecular complexity index is 887. The Balaban J connectivity index is 0.00000800. The highest BCUT2D eigenvalue weighted by Crippen LogP contribution is 2.21. The first-order chi connectivity index (χ1) is 18.6. The van der Waals surface area contributed by atoms with Crippen LogP contribution in [0.4, 0.5) is 0 Å². The lowest BCUT2D eigenvalue weighted by Gasteiger charge is -2.39. The Kier molecular flexibility index (Phi) is 19.5. The van der Waals surface area contributed by atoms with Crippen LogP contribution in [0.25, 0.3) is 0 Å². The number of ether oxygens (including phenoxy) is 3. The third kappa shape index (κ3) is 13.0. The Labute approximate surface area is 258 Å². The van der Waals surface area contributed by atoms with E-state index < -0.39 is 17.7 Å². The quantitative estimate of drug-likeness (QED) is 0.195.